The van der Waals surface area contributed by atoms with Crippen LogP contribution in [0.4, 0.5) is 5.82 Å². The smallest absolute Gasteiger partial charge is 0.254 e. The molecule has 1 rings (SSSR count). The van der Waals surface area contributed by atoms with Crippen molar-refractivity contribution in [2.45, 2.75) is 40.0 Å². The summed E-state index contributed by atoms with van der Waals surface area (Å²) < 4.78 is 0. The Morgan fingerprint density at radius 1 is 1.42 bits per heavy atom. The molecule has 19 heavy (non-hydrogen) atoms. The summed E-state index contributed by atoms with van der Waals surface area (Å²) in [4.78, 5) is 18.6. The lowest BCUT2D eigenvalue weighted by molar-refractivity contribution is 0.0764. The van der Waals surface area contributed by atoms with Gasteiger partial charge in [-0.15, -0.1) is 0 Å². The molecule has 0 unspecified atom stereocenters. The fourth-order valence-corrected chi connectivity index (χ4v) is 1.90. The van der Waals surface area contributed by atoms with E-state index in [9.17, 15) is 4.79 Å². The first kappa shape index (κ1) is 15.4. The van der Waals surface area contributed by atoms with Crippen LogP contribution in [0.25, 0.3) is 0 Å². The molecular formula is C14H24N4O. The lowest BCUT2D eigenvalue weighted by atomic mass is 10.1. The molecular weight excluding hydrogens is 240 g/mol. The number of carbonyl (C=O) groups excluding carboxylic acids is 1. The van der Waals surface area contributed by atoms with Gasteiger partial charge in [0.15, 0.2) is 0 Å². The Hall–Kier alpha value is -1.62. The van der Waals surface area contributed by atoms with Crippen LogP contribution in [0.2, 0.25) is 0 Å². The van der Waals surface area contributed by atoms with Crippen molar-refractivity contribution >= 4 is 11.7 Å². The highest BCUT2D eigenvalue weighted by molar-refractivity contribution is 5.95. The van der Waals surface area contributed by atoms with Crippen molar-refractivity contribution in [1.82, 2.24) is 9.88 Å². The third-order valence-corrected chi connectivity index (χ3v) is 2.99. The number of nitrogens with two attached hydrogens (primary N) is 1. The van der Waals surface area contributed by atoms with E-state index in [4.69, 9.17) is 5.84 Å². The van der Waals surface area contributed by atoms with E-state index in [0.717, 1.165) is 18.7 Å². The molecule has 0 aliphatic rings. The van der Waals surface area contributed by atoms with Crippen LogP contribution in [0.3, 0.4) is 0 Å². The minimum absolute atomic E-state index is 0.0325. The van der Waals surface area contributed by atoms with Crippen molar-refractivity contribution in [3.05, 3.63) is 23.4 Å². The van der Waals surface area contributed by atoms with Crippen LogP contribution in [0, 0.1) is 0 Å². The number of hydrogen-bond acceptors (Lipinski definition) is 4. The van der Waals surface area contributed by atoms with Crippen LogP contribution in [0.5, 0.6) is 0 Å². The quantitative estimate of drug-likeness (QED) is 0.611. The van der Waals surface area contributed by atoms with Crippen LogP contribution < -0.4 is 11.3 Å². The Balaban J connectivity index is 3.10. The number of rotatable bonds is 6. The fraction of sp³-hybridized carbons (Fsp3) is 0.571. The van der Waals surface area contributed by atoms with E-state index in [0.29, 0.717) is 17.9 Å². The van der Waals surface area contributed by atoms with Gasteiger partial charge in [-0.1, -0.05) is 20.8 Å². The zero-order valence-corrected chi connectivity index (χ0v) is 12.2. The molecule has 0 saturated heterocycles. The molecule has 5 heteroatoms. The van der Waals surface area contributed by atoms with Crippen LogP contribution in [-0.2, 0) is 0 Å². The third kappa shape index (κ3) is 3.92. The maximum Gasteiger partial charge on any atom is 0.254 e. The van der Waals surface area contributed by atoms with Gasteiger partial charge in [0.1, 0.15) is 5.82 Å². The molecule has 0 aliphatic carbocycles. The molecule has 0 bridgehead atoms. The van der Waals surface area contributed by atoms with E-state index < -0.39 is 0 Å². The van der Waals surface area contributed by atoms with Gasteiger partial charge in [0.05, 0.1) is 0 Å². The molecule has 0 saturated carbocycles. The number of aromatic nitrogens is 1. The Bertz CT molecular complexity index is 431. The van der Waals surface area contributed by atoms with Crippen molar-refractivity contribution in [3.8, 4) is 0 Å². The number of nitrogen functional groups attached to an aromatic ring is 1. The van der Waals surface area contributed by atoms with Crippen LogP contribution in [0.15, 0.2) is 12.1 Å². The second kappa shape index (κ2) is 7.09. The first-order valence-electron chi connectivity index (χ1n) is 6.81. The number of amides is 1. The van der Waals surface area contributed by atoms with Gasteiger partial charge in [0.2, 0.25) is 0 Å². The predicted molar refractivity (Wildman–Crippen MR) is 78.0 cm³/mol. The number of carbonyl (C=O) groups is 1. The maximum absolute atomic E-state index is 12.4. The number of pyridine rings is 1. The van der Waals surface area contributed by atoms with Gasteiger partial charge < -0.3 is 10.3 Å². The average Bonchev–Trinajstić information content (AvgIpc) is 2.43. The molecule has 106 valence electrons. The summed E-state index contributed by atoms with van der Waals surface area (Å²) in [7, 11) is 0. The Kier molecular flexibility index (Phi) is 5.76. The Labute approximate surface area is 115 Å². The second-order valence-electron chi connectivity index (χ2n) is 4.85. The van der Waals surface area contributed by atoms with Gasteiger partial charge in [-0.25, -0.2) is 10.8 Å². The van der Waals surface area contributed by atoms with Gasteiger partial charge in [0.25, 0.3) is 5.91 Å². The molecule has 0 radical (unpaired) electrons. The zero-order valence-electron chi connectivity index (χ0n) is 12.2. The number of nitrogens with zero attached hydrogens (tertiary/aromatic N) is 2. The van der Waals surface area contributed by atoms with Gasteiger partial charge in [-0.3, -0.25) is 4.79 Å². The molecule has 1 heterocycles. The summed E-state index contributed by atoms with van der Waals surface area (Å²) in [5.41, 5.74) is 4.03. The van der Waals surface area contributed by atoms with Crippen molar-refractivity contribution in [2.24, 2.45) is 5.84 Å². The molecule has 3 N–H and O–H groups in total. The fourth-order valence-electron chi connectivity index (χ4n) is 1.90. The van der Waals surface area contributed by atoms with Crippen molar-refractivity contribution in [3.63, 3.8) is 0 Å². The molecule has 0 fully saturated rings. The zero-order chi connectivity index (χ0) is 14.4. The largest absolute Gasteiger partial charge is 0.339 e. The van der Waals surface area contributed by atoms with E-state index in [1.165, 1.54) is 0 Å². The summed E-state index contributed by atoms with van der Waals surface area (Å²) in [5.74, 6) is 6.23. The summed E-state index contributed by atoms with van der Waals surface area (Å²) in [5, 5.41) is 0. The van der Waals surface area contributed by atoms with Crippen LogP contribution >= 0.6 is 0 Å². The first-order valence-corrected chi connectivity index (χ1v) is 6.81. The van der Waals surface area contributed by atoms with Crippen molar-refractivity contribution in [1.29, 1.82) is 0 Å². The minimum atomic E-state index is 0.0325. The average molecular weight is 264 g/mol. The molecule has 1 amide bonds. The number of hydrazine groups is 1. The standard InChI is InChI=1S/C14H24N4O/c1-5-7-18(6-2)14(19)11-8-12(10(3)4)16-13(9-11)17-15/h8-10H,5-7,15H2,1-4H3,(H,16,17). The highest BCUT2D eigenvalue weighted by Gasteiger charge is 2.16. The lowest BCUT2D eigenvalue weighted by Crippen LogP contribution is -2.31. The van der Waals surface area contributed by atoms with E-state index in [1.807, 2.05) is 31.7 Å². The molecule has 0 aromatic carbocycles. The number of nitrogens with one attached hydrogen (secondary N) is 1. The molecule has 0 atom stereocenters. The van der Waals surface area contributed by atoms with Gasteiger partial charge in [-0.05, 0) is 31.4 Å². The van der Waals surface area contributed by atoms with Gasteiger partial charge >= 0.3 is 0 Å². The van der Waals surface area contributed by atoms with Crippen LogP contribution in [-0.4, -0.2) is 28.9 Å². The SMILES string of the molecule is CCCN(CC)C(=O)c1cc(NN)nc(C(C)C)c1. The van der Waals surface area contributed by atoms with E-state index in [1.54, 1.807) is 6.07 Å². The summed E-state index contributed by atoms with van der Waals surface area (Å²) in [6, 6.07) is 3.55. The monoisotopic (exact) mass is 264 g/mol. The first-order chi connectivity index (χ1) is 9.03. The van der Waals surface area contributed by atoms with Crippen molar-refractivity contribution in [2.75, 3.05) is 18.5 Å². The van der Waals surface area contributed by atoms with E-state index in [-0.39, 0.29) is 11.8 Å². The topological polar surface area (TPSA) is 71.2 Å². The second-order valence-corrected chi connectivity index (χ2v) is 4.85. The van der Waals surface area contributed by atoms with Gasteiger partial charge in [0, 0.05) is 24.3 Å². The molecule has 1 aromatic heterocycles. The highest BCUT2D eigenvalue weighted by Crippen LogP contribution is 2.18. The minimum Gasteiger partial charge on any atom is -0.339 e. The molecule has 0 spiro atoms. The normalized spacial score (nSPS) is 10.6. The summed E-state index contributed by atoms with van der Waals surface area (Å²) >= 11 is 0. The maximum atomic E-state index is 12.4. The Morgan fingerprint density at radius 3 is 2.58 bits per heavy atom. The number of hydrogen-bond donors (Lipinski definition) is 2. The molecule has 0 aliphatic heterocycles. The van der Waals surface area contributed by atoms with E-state index >= 15 is 0 Å². The molecule has 1 aromatic rings. The van der Waals surface area contributed by atoms with Crippen LogP contribution in [0.1, 0.15) is 56.1 Å². The Morgan fingerprint density at radius 2 is 2.11 bits per heavy atom. The highest BCUT2D eigenvalue weighted by atomic mass is 16.2. The predicted octanol–water partition coefficient (Wildman–Crippen LogP) is 2.36. The van der Waals surface area contributed by atoms with E-state index in [2.05, 4.69) is 17.3 Å². The lowest BCUT2D eigenvalue weighted by Gasteiger charge is -2.21. The van der Waals surface area contributed by atoms with Crippen molar-refractivity contribution < 1.29 is 4.79 Å². The van der Waals surface area contributed by atoms with Gasteiger partial charge in [-0.2, -0.15) is 0 Å². The number of anilines is 1. The summed E-state index contributed by atoms with van der Waals surface area (Å²) in [6.45, 7) is 9.60. The third-order valence-electron chi connectivity index (χ3n) is 2.99. The summed E-state index contributed by atoms with van der Waals surface area (Å²) in [6.07, 6.45) is 0.948. The molecule has 5 nitrogen and oxygen atoms in total.